The second-order valence-corrected chi connectivity index (χ2v) is 5.61. The molecule has 2 N–H and O–H groups in total. The zero-order valence-corrected chi connectivity index (χ0v) is 11.7. The van der Waals surface area contributed by atoms with E-state index in [-0.39, 0.29) is 0 Å². The van der Waals surface area contributed by atoms with Gasteiger partial charge in [0.25, 0.3) is 9.05 Å². The van der Waals surface area contributed by atoms with E-state index < -0.39 is 9.05 Å². The molecule has 0 aliphatic heterocycles. The molecule has 0 bridgehead atoms. The second-order valence-electron chi connectivity index (χ2n) is 2.41. The Labute approximate surface area is 102 Å². The van der Waals surface area contributed by atoms with Crippen molar-refractivity contribution in [3.05, 3.63) is 0 Å². The van der Waals surface area contributed by atoms with E-state index in [1.807, 2.05) is 0 Å². The van der Waals surface area contributed by atoms with Crippen molar-refractivity contribution >= 4 is 48.2 Å². The molecule has 0 amide bonds. The van der Waals surface area contributed by atoms with Crippen molar-refractivity contribution in [1.29, 1.82) is 0 Å². The molecule has 0 rings (SSSR count). The van der Waals surface area contributed by atoms with Crippen molar-refractivity contribution < 1.29 is 18.1 Å². The van der Waals surface area contributed by atoms with Crippen molar-refractivity contribution in [1.82, 2.24) is 0 Å². The van der Waals surface area contributed by atoms with E-state index in [2.05, 4.69) is 18.1 Å². The molecule has 7 heteroatoms. The Balaban J connectivity index is 0. The predicted octanol–water partition coefficient (Wildman–Crippen LogP) is 1.07. The summed E-state index contributed by atoms with van der Waals surface area (Å²) in [6, 6.07) is 0. The molecule has 0 fully saturated rings. The van der Waals surface area contributed by atoms with Gasteiger partial charge in [-0.05, 0) is 0 Å². The Morgan fingerprint density at radius 2 is 1.92 bits per heavy atom. The van der Waals surface area contributed by atoms with E-state index in [0.717, 1.165) is 19.6 Å². The molecule has 0 atom stereocenters. The minimum absolute atomic E-state index is 0.946. The molecule has 0 unspecified atom stereocenters. The van der Waals surface area contributed by atoms with Gasteiger partial charge in [0, 0.05) is 11.2 Å². The molecule has 0 heterocycles. The van der Waals surface area contributed by atoms with Crippen LogP contribution in [0.1, 0.15) is 19.8 Å². The maximum absolute atomic E-state index is 9.11. The molecular weight excluding hydrogens is 223 g/mol. The fraction of sp³-hybridized carbons (Fsp3) is 1.00. The number of hydrogen-bond acceptors (Lipinski definition) is 3. The maximum Gasteiger partial charge on any atom is 0.263 e. The van der Waals surface area contributed by atoms with Crippen molar-refractivity contribution in [3.63, 3.8) is 0 Å². The zero-order chi connectivity index (χ0) is 10.7. The summed E-state index contributed by atoms with van der Waals surface area (Å²) in [4.78, 5) is 0. The van der Waals surface area contributed by atoms with Gasteiger partial charge in [0.2, 0.25) is 0 Å². The molecule has 0 saturated carbocycles. The zero-order valence-electron chi connectivity index (χ0n) is 8.06. The van der Waals surface area contributed by atoms with Crippen molar-refractivity contribution in [2.75, 3.05) is 13.2 Å². The Morgan fingerprint density at radius 3 is 2.23 bits per heavy atom. The van der Waals surface area contributed by atoms with E-state index in [0.29, 0.717) is 0 Å². The molecule has 0 aliphatic carbocycles. The van der Waals surface area contributed by atoms with Gasteiger partial charge < -0.3 is 0 Å². The van der Waals surface area contributed by atoms with Gasteiger partial charge in [0.15, 0.2) is 0 Å². The Hall–Kier alpha value is 1.25. The van der Waals surface area contributed by atoms with Crippen molar-refractivity contribution in [3.8, 4) is 0 Å². The largest absolute Gasteiger partial charge is 0.285 e. The summed E-state index contributed by atoms with van der Waals surface area (Å²) in [5, 5.41) is 0. The first-order valence-corrected chi connectivity index (χ1v) is 8.00. The van der Waals surface area contributed by atoms with Crippen LogP contribution in [0.25, 0.3) is 0 Å². The summed E-state index contributed by atoms with van der Waals surface area (Å²) in [5.74, 6) is 0. The molecular formula is C6H15NaO4S2. The van der Waals surface area contributed by atoms with Crippen LogP contribution in [0.15, 0.2) is 0 Å². The average molecular weight is 238 g/mol. The van der Waals surface area contributed by atoms with Gasteiger partial charge in [-0.1, -0.05) is 0 Å². The van der Waals surface area contributed by atoms with Crippen LogP contribution in [-0.2, 0) is 25.0 Å². The first-order chi connectivity index (χ1) is 5.91. The van der Waals surface area contributed by atoms with Gasteiger partial charge >= 0.3 is 69.3 Å². The van der Waals surface area contributed by atoms with Crippen LogP contribution in [-0.4, -0.2) is 54.5 Å². The normalized spacial score (nSPS) is 10.5. The molecule has 0 saturated heterocycles. The third-order valence-corrected chi connectivity index (χ3v) is 1.70. The summed E-state index contributed by atoms with van der Waals surface area (Å²) in [5.41, 5.74) is 0. The van der Waals surface area contributed by atoms with Gasteiger partial charge in [-0.3, -0.25) is 9.11 Å². The molecule has 0 aromatic carbocycles. The molecule has 0 aliphatic rings. The topological polar surface area (TPSA) is 66.8 Å². The quantitative estimate of drug-likeness (QED) is 0.554. The number of ether oxygens (including phenoxy) is 1. The fourth-order valence-electron chi connectivity index (χ4n) is 0.493. The monoisotopic (exact) mass is 238 g/mol. The molecule has 76 valence electrons. The molecule has 0 aromatic rings. The van der Waals surface area contributed by atoms with E-state index >= 15 is 0 Å². The minimum atomic E-state index is -3.83. The predicted molar refractivity (Wildman–Crippen MR) is 57.1 cm³/mol. The summed E-state index contributed by atoms with van der Waals surface area (Å²) in [6.07, 6.45) is 2.42. The number of rotatable bonds is 5. The van der Waals surface area contributed by atoms with Gasteiger partial charge in [-0.15, -0.1) is 0 Å². The van der Waals surface area contributed by atoms with Crippen LogP contribution in [0.4, 0.5) is 0 Å². The van der Waals surface area contributed by atoms with Crippen LogP contribution in [0.5, 0.6) is 0 Å². The standard InChI is InChI=1S/C6H13O.Na.H2O3S2/c1-3-5-7-6-4-2;;1-5(2,3)4/h1,3-6H2,2H3;;(H2,1,2,3,4). The maximum atomic E-state index is 9.11. The Kier molecular flexibility index (Phi) is 14.5. The van der Waals surface area contributed by atoms with E-state index in [9.17, 15) is 0 Å². The third-order valence-electron chi connectivity index (χ3n) is 0.991. The molecule has 0 aromatic heterocycles. The minimum Gasteiger partial charge on any atom is -0.285 e. The van der Waals surface area contributed by atoms with Crippen LogP contribution in [0.3, 0.4) is 0 Å². The summed E-state index contributed by atoms with van der Waals surface area (Å²) in [7, 11) is -3.83. The Morgan fingerprint density at radius 1 is 1.46 bits per heavy atom. The van der Waals surface area contributed by atoms with Crippen molar-refractivity contribution in [2.45, 2.75) is 23.4 Å². The SMILES string of the molecule is CCCOCC[CH2][Na].O=S(O)(O)=S. The fourth-order valence-corrected chi connectivity index (χ4v) is 0.781. The smallest absolute Gasteiger partial charge is 0.263 e. The van der Waals surface area contributed by atoms with E-state index in [1.165, 1.54) is 38.0 Å². The van der Waals surface area contributed by atoms with Gasteiger partial charge in [-0.2, -0.15) is 4.21 Å². The first-order valence-electron chi connectivity index (χ1n) is 4.19. The molecule has 13 heavy (non-hydrogen) atoms. The summed E-state index contributed by atoms with van der Waals surface area (Å²) < 4.78 is 30.6. The van der Waals surface area contributed by atoms with Crippen molar-refractivity contribution in [2.24, 2.45) is 0 Å². The van der Waals surface area contributed by atoms with Gasteiger partial charge in [0.1, 0.15) is 0 Å². The summed E-state index contributed by atoms with van der Waals surface area (Å²) in [6.45, 7) is 4.07. The van der Waals surface area contributed by atoms with Crippen LogP contribution in [0, 0.1) is 0 Å². The van der Waals surface area contributed by atoms with Crippen LogP contribution in [0.2, 0.25) is 3.67 Å². The first kappa shape index (κ1) is 16.7. The van der Waals surface area contributed by atoms with E-state index in [4.69, 9.17) is 18.1 Å². The molecule has 0 spiro atoms. The van der Waals surface area contributed by atoms with Gasteiger partial charge in [0.05, 0.1) is 0 Å². The van der Waals surface area contributed by atoms with E-state index in [1.54, 1.807) is 0 Å². The average Bonchev–Trinajstić information content (AvgIpc) is 1.95. The van der Waals surface area contributed by atoms with Crippen LogP contribution < -0.4 is 0 Å². The van der Waals surface area contributed by atoms with Gasteiger partial charge in [-0.25, -0.2) is 0 Å². The number of hydrogen-bond donors (Lipinski definition) is 2. The van der Waals surface area contributed by atoms with Crippen LogP contribution >= 0.6 is 0 Å². The summed E-state index contributed by atoms with van der Waals surface area (Å²) >= 11 is 4.79. The molecule has 0 radical (unpaired) electrons. The third kappa shape index (κ3) is 42.9. The second kappa shape index (κ2) is 11.3. The molecule has 4 nitrogen and oxygen atoms in total. The Bertz CT molecular complexity index is 167.